The van der Waals surface area contributed by atoms with Crippen LogP contribution < -0.4 is 11.5 Å². The Morgan fingerprint density at radius 2 is 1.85 bits per heavy atom. The summed E-state index contributed by atoms with van der Waals surface area (Å²) < 4.78 is 45.5. The normalized spacial score (nSPS) is 18.5. The number of halogens is 3. The lowest BCUT2D eigenvalue weighted by molar-refractivity contribution is -0.141. The van der Waals surface area contributed by atoms with Crippen LogP contribution in [-0.2, 0) is 15.7 Å². The molecule has 2 heterocycles. The molecule has 1 aromatic heterocycles. The number of hydrogen-bond donors (Lipinski definition) is 2. The summed E-state index contributed by atoms with van der Waals surface area (Å²) in [5.74, 6) is -0.223. The number of pyridine rings is 1. The van der Waals surface area contributed by atoms with E-state index >= 15 is 0 Å². The number of carbonyl (C=O) groups is 2. The smallest absolute Gasteiger partial charge is 0.400 e. The molecule has 0 aliphatic carbocycles. The summed E-state index contributed by atoms with van der Waals surface area (Å²) in [6.07, 6.45) is 7.95. The standard InChI is InChI=1S/C30H40F3N5O2.C7H12O/c1-7-11-12-13-20(8-2)18-40-25(10-4)28(35)27-23(37-19(5)6)14-15-38(24(27)9-3)29(39)21-17-36-26(16-22(21)34)30(31,32)33;1-4-6(3)7(8)5-2/h8,11-13,16-17,24-25H,2,5,7,9-10,14-15,18,35H2,1,3-4,6H3,(H2,34,36);5-6H,2,4H2,1,3H3/b12-11-,20-13+,28-27+,37-23?;. The van der Waals surface area contributed by atoms with Crippen LogP contribution in [0.2, 0.25) is 0 Å². The van der Waals surface area contributed by atoms with Gasteiger partial charge in [-0.15, -0.1) is 0 Å². The van der Waals surface area contributed by atoms with E-state index < -0.39 is 29.9 Å². The molecular formula is C37H52F3N5O3. The summed E-state index contributed by atoms with van der Waals surface area (Å²) in [6.45, 7) is 23.3. The summed E-state index contributed by atoms with van der Waals surface area (Å²) in [4.78, 5) is 33.9. The maximum Gasteiger partial charge on any atom is 0.433 e. The highest BCUT2D eigenvalue weighted by Gasteiger charge is 2.38. The fraction of sp³-hybridized carbons (Fsp3) is 0.459. The van der Waals surface area contributed by atoms with Gasteiger partial charge >= 0.3 is 6.18 Å². The van der Waals surface area contributed by atoms with Gasteiger partial charge in [-0.3, -0.25) is 19.6 Å². The van der Waals surface area contributed by atoms with Gasteiger partial charge in [0.05, 0.1) is 24.3 Å². The van der Waals surface area contributed by atoms with E-state index in [1.54, 1.807) is 17.9 Å². The Hall–Kier alpha value is -4.25. The second-order valence-electron chi connectivity index (χ2n) is 11.4. The largest absolute Gasteiger partial charge is 0.433 e. The number of allylic oxidation sites excluding steroid dienone is 5. The second kappa shape index (κ2) is 20.2. The third-order valence-electron chi connectivity index (χ3n) is 7.76. The summed E-state index contributed by atoms with van der Waals surface area (Å²) in [7, 11) is 0. The Kier molecular flexibility index (Phi) is 17.6. The predicted molar refractivity (Wildman–Crippen MR) is 189 cm³/mol. The monoisotopic (exact) mass is 671 g/mol. The number of aliphatic imine (C=N–C) groups is 1. The number of aromatic nitrogens is 1. The Balaban J connectivity index is 0.00000127. The number of ketones is 1. The van der Waals surface area contributed by atoms with Crippen molar-refractivity contribution in [1.82, 2.24) is 9.88 Å². The van der Waals surface area contributed by atoms with Gasteiger partial charge in [-0.25, -0.2) is 0 Å². The molecule has 8 nitrogen and oxygen atoms in total. The molecule has 11 heteroatoms. The second-order valence-corrected chi connectivity index (χ2v) is 11.4. The van der Waals surface area contributed by atoms with Crippen LogP contribution in [0.3, 0.4) is 0 Å². The van der Waals surface area contributed by atoms with E-state index in [2.05, 4.69) is 29.7 Å². The SMILES string of the molecule is C=C/C(=C\C=C/CC)COC(CC)/C(N)=C1/C(=NC(=C)C)CCN(C(=O)c2cnc(C(F)(F)F)cc2N)C1CC.C=CC(=O)C(C)CC. The van der Waals surface area contributed by atoms with Crippen molar-refractivity contribution in [3.05, 3.63) is 96.2 Å². The Morgan fingerprint density at radius 1 is 1.19 bits per heavy atom. The van der Waals surface area contributed by atoms with Gasteiger partial charge in [0.15, 0.2) is 5.78 Å². The van der Waals surface area contributed by atoms with E-state index in [9.17, 15) is 22.8 Å². The highest BCUT2D eigenvalue weighted by atomic mass is 19.4. The zero-order valence-corrected chi connectivity index (χ0v) is 29.2. The highest BCUT2D eigenvalue weighted by Crippen LogP contribution is 2.33. The maximum atomic E-state index is 13.6. The van der Waals surface area contributed by atoms with Crippen LogP contribution >= 0.6 is 0 Å². The molecule has 1 fully saturated rings. The van der Waals surface area contributed by atoms with Crippen molar-refractivity contribution >= 4 is 23.1 Å². The molecular weight excluding hydrogens is 619 g/mol. The zero-order valence-electron chi connectivity index (χ0n) is 29.2. The van der Waals surface area contributed by atoms with Gasteiger partial charge < -0.3 is 21.1 Å². The molecule has 0 spiro atoms. The number of nitrogens with zero attached hydrogens (tertiary/aromatic N) is 3. The van der Waals surface area contributed by atoms with E-state index in [0.29, 0.717) is 48.0 Å². The fourth-order valence-corrected chi connectivity index (χ4v) is 4.90. The molecule has 1 aliphatic heterocycles. The van der Waals surface area contributed by atoms with Crippen LogP contribution in [0.5, 0.6) is 0 Å². The predicted octanol–water partition coefficient (Wildman–Crippen LogP) is 8.16. The number of carbonyl (C=O) groups excluding carboxylic acids is 2. The lowest BCUT2D eigenvalue weighted by Gasteiger charge is -2.40. The van der Waals surface area contributed by atoms with Crippen LogP contribution in [0.25, 0.3) is 0 Å². The molecule has 1 aliphatic rings. The minimum Gasteiger partial charge on any atom is -0.400 e. The summed E-state index contributed by atoms with van der Waals surface area (Å²) in [6, 6.07) is 0.166. The van der Waals surface area contributed by atoms with E-state index in [-0.39, 0.29) is 36.1 Å². The van der Waals surface area contributed by atoms with Crippen LogP contribution in [0.15, 0.2) is 89.9 Å². The van der Waals surface area contributed by atoms with Crippen molar-refractivity contribution in [2.24, 2.45) is 16.6 Å². The molecule has 0 aromatic carbocycles. The Bertz CT molecular complexity index is 1430. The van der Waals surface area contributed by atoms with Crippen LogP contribution in [0.4, 0.5) is 18.9 Å². The van der Waals surface area contributed by atoms with E-state index in [4.69, 9.17) is 16.2 Å². The average molecular weight is 672 g/mol. The van der Waals surface area contributed by atoms with Crippen molar-refractivity contribution in [2.45, 2.75) is 92.0 Å². The number of nitrogen functional groups attached to an aromatic ring is 1. The molecule has 0 saturated carbocycles. The number of rotatable bonds is 14. The summed E-state index contributed by atoms with van der Waals surface area (Å²) in [5, 5.41) is 0. The topological polar surface area (TPSA) is 124 Å². The third kappa shape index (κ3) is 12.1. The number of hydrogen-bond acceptors (Lipinski definition) is 7. The van der Waals surface area contributed by atoms with E-state index in [1.165, 1.54) is 6.08 Å². The molecule has 3 unspecified atom stereocenters. The van der Waals surface area contributed by atoms with E-state index in [1.807, 2.05) is 52.8 Å². The first-order valence-corrected chi connectivity index (χ1v) is 16.2. The molecule has 1 saturated heterocycles. The molecule has 1 aromatic rings. The van der Waals surface area contributed by atoms with Gasteiger partial charge in [0.1, 0.15) is 5.69 Å². The number of piperidine rings is 1. The van der Waals surface area contributed by atoms with Crippen molar-refractivity contribution in [3.63, 3.8) is 0 Å². The van der Waals surface area contributed by atoms with Crippen molar-refractivity contribution in [3.8, 4) is 0 Å². The first-order valence-electron chi connectivity index (χ1n) is 16.2. The molecule has 0 bridgehead atoms. The highest BCUT2D eigenvalue weighted by molar-refractivity contribution is 6.06. The molecule has 3 atom stereocenters. The fourth-order valence-electron chi connectivity index (χ4n) is 4.90. The van der Waals surface area contributed by atoms with Crippen LogP contribution in [0, 0.1) is 5.92 Å². The van der Waals surface area contributed by atoms with Gasteiger partial charge in [0, 0.05) is 53.4 Å². The number of anilines is 1. The van der Waals surface area contributed by atoms with Gasteiger partial charge in [0.25, 0.3) is 5.91 Å². The number of alkyl halides is 3. The number of likely N-dealkylation sites (tertiary alicyclic amines) is 1. The van der Waals surface area contributed by atoms with Gasteiger partial charge in [-0.1, -0.05) is 78.7 Å². The summed E-state index contributed by atoms with van der Waals surface area (Å²) >= 11 is 0. The molecule has 0 radical (unpaired) electrons. The quantitative estimate of drug-likeness (QED) is 0.152. The average Bonchev–Trinajstić information content (AvgIpc) is 3.05. The van der Waals surface area contributed by atoms with Gasteiger partial charge in [-0.2, -0.15) is 13.2 Å². The molecule has 1 amide bonds. The van der Waals surface area contributed by atoms with E-state index in [0.717, 1.165) is 24.6 Å². The number of amides is 1. The van der Waals surface area contributed by atoms with Crippen LogP contribution in [0.1, 0.15) is 89.7 Å². The van der Waals surface area contributed by atoms with Gasteiger partial charge in [0.2, 0.25) is 0 Å². The lowest BCUT2D eigenvalue weighted by Crippen LogP contribution is -2.49. The van der Waals surface area contributed by atoms with Crippen molar-refractivity contribution in [2.75, 3.05) is 18.9 Å². The minimum absolute atomic E-state index is 0.103. The Labute approximate surface area is 283 Å². The van der Waals surface area contributed by atoms with Crippen molar-refractivity contribution in [1.29, 1.82) is 0 Å². The molecule has 2 rings (SSSR count). The number of nitrogens with two attached hydrogens (primary N) is 2. The summed E-state index contributed by atoms with van der Waals surface area (Å²) in [5.41, 5.74) is 14.4. The van der Waals surface area contributed by atoms with Crippen molar-refractivity contribution < 1.29 is 27.5 Å². The molecule has 264 valence electrons. The lowest BCUT2D eigenvalue weighted by atomic mass is 9.87. The first-order chi connectivity index (χ1) is 22.6. The third-order valence-corrected chi connectivity index (χ3v) is 7.76. The minimum atomic E-state index is -4.67. The Morgan fingerprint density at radius 3 is 2.31 bits per heavy atom. The van der Waals surface area contributed by atoms with Crippen LogP contribution in [-0.4, -0.2) is 52.6 Å². The molecule has 48 heavy (non-hydrogen) atoms. The zero-order chi connectivity index (χ0) is 36.6. The maximum absolute atomic E-state index is 13.6. The first kappa shape index (κ1) is 41.8. The van der Waals surface area contributed by atoms with Gasteiger partial charge in [-0.05, 0) is 50.3 Å². The molecule has 4 N–H and O–H groups in total. The number of ether oxygens (including phenoxy) is 1.